The Bertz CT molecular complexity index is 762. The fourth-order valence-corrected chi connectivity index (χ4v) is 3.22. The maximum atomic E-state index is 12.7. The predicted octanol–water partition coefficient (Wildman–Crippen LogP) is 1.49. The minimum atomic E-state index is -0.107. The number of aromatic nitrogens is 3. The number of hydrogen-bond acceptors (Lipinski definition) is 6. The van der Waals surface area contributed by atoms with Gasteiger partial charge in [-0.25, -0.2) is 15.0 Å². The largest absolute Gasteiger partial charge is 0.378 e. The molecule has 2 aliphatic heterocycles. The molecule has 0 atom stereocenters. The first-order chi connectivity index (χ1) is 12.7. The summed E-state index contributed by atoms with van der Waals surface area (Å²) in [7, 11) is 1.86. The first-order valence-corrected chi connectivity index (χ1v) is 8.98. The molecule has 8 heteroatoms. The Morgan fingerprint density at radius 3 is 2.50 bits per heavy atom. The van der Waals surface area contributed by atoms with Crippen molar-refractivity contribution in [3.63, 3.8) is 0 Å². The molecule has 0 aliphatic carbocycles. The van der Waals surface area contributed by atoms with Gasteiger partial charge in [0.25, 0.3) is 5.91 Å². The summed E-state index contributed by atoms with van der Waals surface area (Å²) in [5, 5.41) is 1.46. The zero-order valence-electron chi connectivity index (χ0n) is 14.9. The van der Waals surface area contributed by atoms with Gasteiger partial charge in [0.1, 0.15) is 5.69 Å². The first-order valence-electron chi connectivity index (χ1n) is 8.98. The van der Waals surface area contributed by atoms with E-state index in [9.17, 15) is 4.79 Å². The monoisotopic (exact) mass is 357 g/mol. The van der Waals surface area contributed by atoms with Crippen LogP contribution in [0.1, 0.15) is 23.3 Å². The number of carbonyl (C=O) groups is 1. The van der Waals surface area contributed by atoms with Crippen molar-refractivity contribution in [2.24, 2.45) is 7.05 Å². The van der Waals surface area contributed by atoms with Crippen LogP contribution in [0.25, 0.3) is 11.1 Å². The smallest absolute Gasteiger partial charge is 0.294 e. The van der Waals surface area contributed by atoms with E-state index < -0.39 is 0 Å². The molecule has 138 valence electrons. The number of anilines is 1. The van der Waals surface area contributed by atoms with E-state index in [4.69, 9.17) is 9.57 Å². The highest BCUT2D eigenvalue weighted by molar-refractivity contribution is 5.93. The Hall–Kier alpha value is -2.45. The lowest BCUT2D eigenvalue weighted by molar-refractivity contribution is -0.144. The molecular formula is C18H23N5O3. The van der Waals surface area contributed by atoms with Gasteiger partial charge in [0.15, 0.2) is 0 Å². The van der Waals surface area contributed by atoms with Crippen molar-refractivity contribution in [2.75, 3.05) is 44.4 Å². The molecule has 0 spiro atoms. The summed E-state index contributed by atoms with van der Waals surface area (Å²) in [6, 6.07) is 1.87. The number of morpholine rings is 1. The summed E-state index contributed by atoms with van der Waals surface area (Å²) in [6.07, 6.45) is 7.50. The third kappa shape index (κ3) is 3.42. The Kier molecular flexibility index (Phi) is 4.85. The van der Waals surface area contributed by atoms with Crippen molar-refractivity contribution in [3.8, 4) is 11.1 Å². The lowest BCUT2D eigenvalue weighted by Crippen LogP contribution is -2.37. The molecule has 0 N–H and O–H groups in total. The molecule has 0 unspecified atom stereocenters. The van der Waals surface area contributed by atoms with Crippen molar-refractivity contribution in [3.05, 3.63) is 30.4 Å². The van der Waals surface area contributed by atoms with E-state index in [0.717, 1.165) is 37.1 Å². The van der Waals surface area contributed by atoms with Crippen LogP contribution in [-0.4, -0.2) is 65.0 Å². The summed E-state index contributed by atoms with van der Waals surface area (Å²) in [5.41, 5.74) is 2.40. The molecule has 2 aromatic rings. The standard InChI is InChI=1S/C18H23N5O3/c1-21-13-14(10-16(21)17(24)23-4-2-3-7-26-23)15-11-19-18(20-12-15)22-5-8-25-9-6-22/h10-13H,2-9H2,1H3. The Morgan fingerprint density at radius 1 is 1.04 bits per heavy atom. The van der Waals surface area contributed by atoms with Gasteiger partial charge in [0.05, 0.1) is 19.8 Å². The van der Waals surface area contributed by atoms with Gasteiger partial charge in [-0.3, -0.25) is 9.63 Å². The summed E-state index contributed by atoms with van der Waals surface area (Å²) < 4.78 is 7.18. The summed E-state index contributed by atoms with van der Waals surface area (Å²) in [6.45, 7) is 4.25. The van der Waals surface area contributed by atoms with Crippen molar-refractivity contribution >= 4 is 11.9 Å². The van der Waals surface area contributed by atoms with Gasteiger partial charge in [-0.2, -0.15) is 0 Å². The number of nitrogens with zero attached hydrogens (tertiary/aromatic N) is 5. The minimum Gasteiger partial charge on any atom is -0.378 e. The first kappa shape index (κ1) is 17.0. The second-order valence-corrected chi connectivity index (χ2v) is 6.54. The number of amides is 1. The van der Waals surface area contributed by atoms with Crippen LogP contribution >= 0.6 is 0 Å². The van der Waals surface area contributed by atoms with E-state index in [0.29, 0.717) is 38.0 Å². The maximum Gasteiger partial charge on any atom is 0.294 e. The second-order valence-electron chi connectivity index (χ2n) is 6.54. The number of ether oxygens (including phenoxy) is 1. The highest BCUT2D eigenvalue weighted by Gasteiger charge is 2.23. The summed E-state index contributed by atoms with van der Waals surface area (Å²) in [4.78, 5) is 29.2. The van der Waals surface area contributed by atoms with Gasteiger partial charge in [-0.05, 0) is 18.9 Å². The highest BCUT2D eigenvalue weighted by atomic mass is 16.7. The van der Waals surface area contributed by atoms with Gasteiger partial charge in [-0.1, -0.05) is 0 Å². The van der Waals surface area contributed by atoms with Crippen molar-refractivity contribution in [2.45, 2.75) is 12.8 Å². The fourth-order valence-electron chi connectivity index (χ4n) is 3.22. The third-order valence-corrected chi connectivity index (χ3v) is 4.72. The molecule has 4 heterocycles. The SMILES string of the molecule is Cn1cc(-c2cnc(N3CCOCC3)nc2)cc1C(=O)N1CCCCO1. The normalized spacial score (nSPS) is 18.2. The number of carbonyl (C=O) groups excluding carboxylic acids is 1. The summed E-state index contributed by atoms with van der Waals surface area (Å²) >= 11 is 0. The molecular weight excluding hydrogens is 334 g/mol. The fraction of sp³-hybridized carbons (Fsp3) is 0.500. The van der Waals surface area contributed by atoms with Crippen LogP contribution in [0.3, 0.4) is 0 Å². The minimum absolute atomic E-state index is 0.107. The van der Waals surface area contributed by atoms with Crippen LogP contribution in [-0.2, 0) is 16.6 Å². The average Bonchev–Trinajstić information content (AvgIpc) is 3.10. The second kappa shape index (κ2) is 7.43. The third-order valence-electron chi connectivity index (χ3n) is 4.72. The molecule has 0 radical (unpaired) electrons. The van der Waals surface area contributed by atoms with Crippen molar-refractivity contribution in [1.82, 2.24) is 19.6 Å². The zero-order chi connectivity index (χ0) is 17.9. The van der Waals surface area contributed by atoms with Gasteiger partial charge in [-0.15, -0.1) is 0 Å². The van der Waals surface area contributed by atoms with Gasteiger partial charge < -0.3 is 14.2 Å². The molecule has 2 fully saturated rings. The Balaban J connectivity index is 1.52. The van der Waals surface area contributed by atoms with Crippen LogP contribution < -0.4 is 4.90 Å². The van der Waals surface area contributed by atoms with E-state index in [2.05, 4.69) is 14.9 Å². The molecule has 2 saturated heterocycles. The van der Waals surface area contributed by atoms with Crippen LogP contribution in [0.5, 0.6) is 0 Å². The number of hydrogen-bond donors (Lipinski definition) is 0. The van der Waals surface area contributed by atoms with E-state index >= 15 is 0 Å². The molecule has 0 aromatic carbocycles. The predicted molar refractivity (Wildman–Crippen MR) is 95.7 cm³/mol. The van der Waals surface area contributed by atoms with E-state index in [-0.39, 0.29) is 5.91 Å². The molecule has 2 aliphatic rings. The van der Waals surface area contributed by atoms with Gasteiger partial charge in [0.2, 0.25) is 5.95 Å². The number of hydroxylamine groups is 2. The van der Waals surface area contributed by atoms with Gasteiger partial charge in [0, 0.05) is 56.4 Å². The zero-order valence-corrected chi connectivity index (χ0v) is 14.9. The van der Waals surface area contributed by atoms with E-state index in [1.165, 1.54) is 5.06 Å². The maximum absolute atomic E-state index is 12.7. The number of aryl methyl sites for hydroxylation is 1. The van der Waals surface area contributed by atoms with Gasteiger partial charge >= 0.3 is 0 Å². The Morgan fingerprint density at radius 2 is 1.81 bits per heavy atom. The quantitative estimate of drug-likeness (QED) is 0.829. The molecule has 1 amide bonds. The summed E-state index contributed by atoms with van der Waals surface area (Å²) in [5.74, 6) is 0.607. The van der Waals surface area contributed by atoms with Crippen LogP contribution in [0.15, 0.2) is 24.7 Å². The van der Waals surface area contributed by atoms with Crippen molar-refractivity contribution in [1.29, 1.82) is 0 Å². The number of rotatable bonds is 3. The molecule has 4 rings (SSSR count). The molecule has 26 heavy (non-hydrogen) atoms. The molecule has 2 aromatic heterocycles. The Labute approximate surface area is 152 Å². The molecule has 8 nitrogen and oxygen atoms in total. The molecule has 0 bridgehead atoms. The van der Waals surface area contributed by atoms with E-state index in [1.807, 2.05) is 23.9 Å². The molecule has 0 saturated carbocycles. The lowest BCUT2D eigenvalue weighted by Gasteiger charge is -2.26. The highest BCUT2D eigenvalue weighted by Crippen LogP contribution is 2.23. The lowest BCUT2D eigenvalue weighted by atomic mass is 10.2. The van der Waals surface area contributed by atoms with E-state index in [1.54, 1.807) is 12.4 Å². The topological polar surface area (TPSA) is 72.7 Å². The van der Waals surface area contributed by atoms with Crippen LogP contribution in [0.2, 0.25) is 0 Å². The average molecular weight is 357 g/mol. The van der Waals surface area contributed by atoms with Crippen LogP contribution in [0.4, 0.5) is 5.95 Å². The van der Waals surface area contributed by atoms with Crippen LogP contribution in [0, 0.1) is 0 Å². The van der Waals surface area contributed by atoms with Crippen molar-refractivity contribution < 1.29 is 14.4 Å².